The Balaban J connectivity index is 2.29. The zero-order valence-electron chi connectivity index (χ0n) is 9.60. The first-order chi connectivity index (χ1) is 7.53. The lowest BCUT2D eigenvalue weighted by Crippen LogP contribution is -2.32. The molecule has 6 nitrogen and oxygen atoms in total. The van der Waals surface area contributed by atoms with E-state index in [2.05, 4.69) is 15.1 Å². The summed E-state index contributed by atoms with van der Waals surface area (Å²) in [4.78, 5) is 0. The highest BCUT2D eigenvalue weighted by atomic mass is 32.2. The van der Waals surface area contributed by atoms with Gasteiger partial charge in [-0.3, -0.25) is 4.68 Å². The van der Waals surface area contributed by atoms with E-state index in [0.717, 1.165) is 5.56 Å². The monoisotopic (exact) mass is 246 g/mol. The van der Waals surface area contributed by atoms with Crippen LogP contribution in [0, 0.1) is 0 Å². The van der Waals surface area contributed by atoms with Crippen LogP contribution in [0.25, 0.3) is 0 Å². The van der Waals surface area contributed by atoms with Crippen LogP contribution < -0.4 is 10.0 Å². The van der Waals surface area contributed by atoms with Crippen molar-refractivity contribution in [2.75, 3.05) is 25.9 Å². The Bertz CT molecular complexity index is 413. The molecule has 2 N–H and O–H groups in total. The Hall–Kier alpha value is -0.920. The third-order valence-electron chi connectivity index (χ3n) is 2.11. The first-order valence-corrected chi connectivity index (χ1v) is 6.78. The summed E-state index contributed by atoms with van der Waals surface area (Å²) in [5, 5.41) is 6.81. The molecule has 0 fully saturated rings. The molecule has 0 spiro atoms. The van der Waals surface area contributed by atoms with E-state index in [1.54, 1.807) is 17.9 Å². The number of hydrogen-bond donors (Lipinski definition) is 2. The Morgan fingerprint density at radius 1 is 1.44 bits per heavy atom. The topological polar surface area (TPSA) is 76.0 Å². The molecule has 0 unspecified atom stereocenters. The second kappa shape index (κ2) is 5.97. The minimum Gasteiger partial charge on any atom is -0.319 e. The van der Waals surface area contributed by atoms with Gasteiger partial charge >= 0.3 is 0 Å². The lowest BCUT2D eigenvalue weighted by Gasteiger charge is -2.05. The molecule has 0 aliphatic rings. The fourth-order valence-corrected chi connectivity index (χ4v) is 2.29. The highest BCUT2D eigenvalue weighted by Crippen LogP contribution is 1.96. The van der Waals surface area contributed by atoms with E-state index in [4.69, 9.17) is 0 Å². The minimum absolute atomic E-state index is 0.108. The van der Waals surface area contributed by atoms with Crippen LogP contribution in [0.2, 0.25) is 0 Å². The van der Waals surface area contributed by atoms with E-state index in [0.29, 0.717) is 19.5 Å². The molecule has 92 valence electrons. The van der Waals surface area contributed by atoms with Gasteiger partial charge in [-0.1, -0.05) is 0 Å². The number of aryl methyl sites for hydroxylation is 1. The van der Waals surface area contributed by atoms with Crippen molar-refractivity contribution < 1.29 is 8.42 Å². The molecule has 1 heterocycles. The highest BCUT2D eigenvalue weighted by Gasteiger charge is 2.08. The lowest BCUT2D eigenvalue weighted by molar-refractivity contribution is 0.579. The van der Waals surface area contributed by atoms with Gasteiger partial charge in [-0.2, -0.15) is 5.10 Å². The van der Waals surface area contributed by atoms with Crippen molar-refractivity contribution in [3.8, 4) is 0 Å². The van der Waals surface area contributed by atoms with Gasteiger partial charge in [-0.25, -0.2) is 13.1 Å². The van der Waals surface area contributed by atoms with E-state index in [1.807, 2.05) is 13.2 Å². The first kappa shape index (κ1) is 13.1. The van der Waals surface area contributed by atoms with E-state index in [9.17, 15) is 8.42 Å². The molecule has 0 saturated carbocycles. The molecule has 1 rings (SSSR count). The summed E-state index contributed by atoms with van der Waals surface area (Å²) in [6.45, 7) is 0.875. The van der Waals surface area contributed by atoms with Crippen LogP contribution in [0.3, 0.4) is 0 Å². The van der Waals surface area contributed by atoms with Gasteiger partial charge < -0.3 is 5.32 Å². The van der Waals surface area contributed by atoms with Crippen molar-refractivity contribution in [1.82, 2.24) is 19.8 Å². The molecular weight excluding hydrogens is 228 g/mol. The van der Waals surface area contributed by atoms with E-state index in [1.165, 1.54) is 0 Å². The molecule has 7 heteroatoms. The van der Waals surface area contributed by atoms with Gasteiger partial charge in [0.1, 0.15) is 0 Å². The third-order valence-corrected chi connectivity index (χ3v) is 3.50. The van der Waals surface area contributed by atoms with Crippen LogP contribution in [0.4, 0.5) is 0 Å². The van der Waals surface area contributed by atoms with Crippen LogP contribution in [-0.4, -0.2) is 44.1 Å². The average molecular weight is 246 g/mol. The molecule has 1 aromatic heterocycles. The van der Waals surface area contributed by atoms with Gasteiger partial charge in [-0.15, -0.1) is 0 Å². The number of sulfonamides is 1. The van der Waals surface area contributed by atoms with Gasteiger partial charge in [0.05, 0.1) is 11.9 Å². The zero-order chi connectivity index (χ0) is 12.0. The molecule has 0 aliphatic heterocycles. The maximum absolute atomic E-state index is 11.4. The summed E-state index contributed by atoms with van der Waals surface area (Å²) in [6, 6.07) is 0. The third kappa shape index (κ3) is 4.73. The number of rotatable bonds is 7. The highest BCUT2D eigenvalue weighted by molar-refractivity contribution is 7.89. The van der Waals surface area contributed by atoms with Crippen molar-refractivity contribution in [2.24, 2.45) is 7.05 Å². The fraction of sp³-hybridized carbons (Fsp3) is 0.667. The summed E-state index contributed by atoms with van der Waals surface area (Å²) in [6.07, 6.45) is 4.27. The second-order valence-electron chi connectivity index (χ2n) is 3.59. The van der Waals surface area contributed by atoms with E-state index >= 15 is 0 Å². The SMILES string of the molecule is CNCCS(=O)(=O)NCCc1cnn(C)c1. The summed E-state index contributed by atoms with van der Waals surface area (Å²) in [5.74, 6) is 0.108. The van der Waals surface area contributed by atoms with Crippen LogP contribution in [0.5, 0.6) is 0 Å². The van der Waals surface area contributed by atoms with Crippen molar-refractivity contribution >= 4 is 10.0 Å². The summed E-state index contributed by atoms with van der Waals surface area (Å²) < 4.78 is 27.1. The quantitative estimate of drug-likeness (QED) is 0.654. The molecule has 0 amide bonds. The summed E-state index contributed by atoms with van der Waals surface area (Å²) >= 11 is 0. The number of nitrogens with zero attached hydrogens (tertiary/aromatic N) is 2. The van der Waals surface area contributed by atoms with Crippen molar-refractivity contribution in [1.29, 1.82) is 0 Å². The van der Waals surface area contributed by atoms with Crippen LogP contribution >= 0.6 is 0 Å². The van der Waals surface area contributed by atoms with Gasteiger partial charge in [0.25, 0.3) is 0 Å². The predicted octanol–water partition coefficient (Wildman–Crippen LogP) is -0.899. The smallest absolute Gasteiger partial charge is 0.212 e. The first-order valence-electron chi connectivity index (χ1n) is 5.13. The Morgan fingerprint density at radius 3 is 2.75 bits per heavy atom. The molecule has 0 aromatic carbocycles. The van der Waals surface area contributed by atoms with Gasteiger partial charge in [0.15, 0.2) is 0 Å². The van der Waals surface area contributed by atoms with Crippen LogP contribution in [-0.2, 0) is 23.5 Å². The molecule has 0 atom stereocenters. The molecule has 0 radical (unpaired) electrons. The van der Waals surface area contributed by atoms with Crippen molar-refractivity contribution in [2.45, 2.75) is 6.42 Å². The summed E-state index contributed by atoms with van der Waals surface area (Å²) in [5.41, 5.74) is 1.03. The van der Waals surface area contributed by atoms with Crippen molar-refractivity contribution in [3.05, 3.63) is 18.0 Å². The fourth-order valence-electron chi connectivity index (χ4n) is 1.26. The Kier molecular flexibility index (Phi) is 4.91. The van der Waals surface area contributed by atoms with Gasteiger partial charge in [0, 0.05) is 26.3 Å². The van der Waals surface area contributed by atoms with Crippen molar-refractivity contribution in [3.63, 3.8) is 0 Å². The molecule has 0 saturated heterocycles. The molecule has 1 aromatic rings. The molecule has 16 heavy (non-hydrogen) atoms. The van der Waals surface area contributed by atoms with Gasteiger partial charge in [0.2, 0.25) is 10.0 Å². The van der Waals surface area contributed by atoms with Crippen LogP contribution in [0.15, 0.2) is 12.4 Å². The minimum atomic E-state index is -3.15. The maximum Gasteiger partial charge on any atom is 0.212 e. The second-order valence-corrected chi connectivity index (χ2v) is 5.52. The van der Waals surface area contributed by atoms with Gasteiger partial charge in [-0.05, 0) is 19.0 Å². The predicted molar refractivity (Wildman–Crippen MR) is 62.6 cm³/mol. The average Bonchev–Trinajstić information content (AvgIpc) is 2.61. The molecule has 0 aliphatic carbocycles. The van der Waals surface area contributed by atoms with Crippen LogP contribution in [0.1, 0.15) is 5.56 Å². The molecular formula is C9H18N4O2S. The largest absolute Gasteiger partial charge is 0.319 e. The van der Waals surface area contributed by atoms with E-state index in [-0.39, 0.29) is 5.75 Å². The molecule has 0 bridgehead atoms. The number of aromatic nitrogens is 2. The normalized spacial score (nSPS) is 11.9. The maximum atomic E-state index is 11.4. The number of hydrogen-bond acceptors (Lipinski definition) is 4. The lowest BCUT2D eigenvalue weighted by atomic mass is 10.3. The Morgan fingerprint density at radius 2 is 2.19 bits per heavy atom. The van der Waals surface area contributed by atoms with E-state index < -0.39 is 10.0 Å². The Labute approximate surface area is 96.1 Å². The summed E-state index contributed by atoms with van der Waals surface area (Å²) in [7, 11) is 0.414. The number of nitrogens with one attached hydrogen (secondary N) is 2. The zero-order valence-corrected chi connectivity index (χ0v) is 10.4. The standard InChI is InChI=1S/C9H18N4O2S/c1-10-5-6-16(14,15)12-4-3-9-7-11-13(2)8-9/h7-8,10,12H,3-6H2,1-2H3.